The largest absolute Gasteiger partial charge is 0.338 e. The van der Waals surface area contributed by atoms with Crippen LogP contribution in [-0.4, -0.2) is 30.4 Å². The molecule has 2 rings (SSSR count). The lowest BCUT2D eigenvalue weighted by molar-refractivity contribution is -0.126. The van der Waals surface area contributed by atoms with Gasteiger partial charge in [-0.2, -0.15) is 0 Å². The Labute approximate surface area is 108 Å². The summed E-state index contributed by atoms with van der Waals surface area (Å²) in [7, 11) is 1.84. The highest BCUT2D eigenvalue weighted by Crippen LogP contribution is 2.34. The molecule has 1 aliphatic carbocycles. The van der Waals surface area contributed by atoms with Crippen molar-refractivity contribution in [3.8, 4) is 0 Å². The maximum absolute atomic E-state index is 12.0. The molecule has 96 valence electrons. The van der Waals surface area contributed by atoms with Gasteiger partial charge in [0.1, 0.15) is 0 Å². The van der Waals surface area contributed by atoms with E-state index in [1.807, 2.05) is 43.5 Å². The van der Waals surface area contributed by atoms with Crippen LogP contribution in [0.15, 0.2) is 36.4 Å². The molecule has 1 saturated carbocycles. The zero-order chi connectivity index (χ0) is 13.0. The molecule has 1 amide bonds. The molecule has 0 aromatic heterocycles. The number of nitrogens with zero attached hydrogens (tertiary/aromatic N) is 1. The molecule has 3 nitrogen and oxygen atoms in total. The number of hydrogen-bond acceptors (Lipinski definition) is 2. The molecule has 0 bridgehead atoms. The summed E-state index contributed by atoms with van der Waals surface area (Å²) in [5.41, 5.74) is 6.78. The van der Waals surface area contributed by atoms with Crippen molar-refractivity contribution >= 4 is 12.0 Å². The Balaban J connectivity index is 1.96. The second-order valence-electron chi connectivity index (χ2n) is 4.83. The average molecular weight is 244 g/mol. The van der Waals surface area contributed by atoms with Gasteiger partial charge in [0, 0.05) is 25.7 Å². The van der Waals surface area contributed by atoms with Gasteiger partial charge in [-0.3, -0.25) is 4.79 Å². The summed E-state index contributed by atoms with van der Waals surface area (Å²) in [5, 5.41) is 0. The van der Waals surface area contributed by atoms with Crippen molar-refractivity contribution in [1.29, 1.82) is 0 Å². The number of nitrogens with two attached hydrogens (primary N) is 1. The van der Waals surface area contributed by atoms with Crippen LogP contribution >= 0.6 is 0 Å². The Morgan fingerprint density at radius 2 is 2.11 bits per heavy atom. The second-order valence-corrected chi connectivity index (χ2v) is 4.83. The van der Waals surface area contributed by atoms with E-state index in [0.717, 1.165) is 5.56 Å². The van der Waals surface area contributed by atoms with Crippen LogP contribution in [0, 0.1) is 5.92 Å². The van der Waals surface area contributed by atoms with Crippen LogP contribution in [0.5, 0.6) is 0 Å². The van der Waals surface area contributed by atoms with Crippen LogP contribution in [0.2, 0.25) is 0 Å². The Morgan fingerprint density at radius 3 is 2.67 bits per heavy atom. The first-order valence-corrected chi connectivity index (χ1v) is 6.42. The highest BCUT2D eigenvalue weighted by Gasteiger charge is 2.34. The van der Waals surface area contributed by atoms with E-state index in [-0.39, 0.29) is 11.9 Å². The fraction of sp³-hybridized carbons (Fsp3) is 0.400. The third-order valence-electron chi connectivity index (χ3n) is 3.47. The molecule has 3 heteroatoms. The Hall–Kier alpha value is -1.61. The van der Waals surface area contributed by atoms with Crippen LogP contribution in [0.25, 0.3) is 6.08 Å². The van der Waals surface area contributed by atoms with Gasteiger partial charge in [-0.05, 0) is 30.4 Å². The topological polar surface area (TPSA) is 46.3 Å². The summed E-state index contributed by atoms with van der Waals surface area (Å²) in [4.78, 5) is 13.8. The van der Waals surface area contributed by atoms with Crippen LogP contribution in [0.1, 0.15) is 18.4 Å². The lowest BCUT2D eigenvalue weighted by atomic mass is 10.1. The molecule has 1 aromatic rings. The monoisotopic (exact) mass is 244 g/mol. The number of benzene rings is 1. The highest BCUT2D eigenvalue weighted by atomic mass is 16.2. The minimum Gasteiger partial charge on any atom is -0.338 e. The number of carbonyl (C=O) groups excluding carboxylic acids is 1. The Kier molecular flexibility index (Phi) is 4.15. The molecule has 0 spiro atoms. The molecule has 18 heavy (non-hydrogen) atoms. The summed E-state index contributed by atoms with van der Waals surface area (Å²) in [6.07, 6.45) is 5.86. The van der Waals surface area contributed by atoms with Gasteiger partial charge in [0.25, 0.3) is 0 Å². The lowest BCUT2D eigenvalue weighted by Gasteiger charge is -2.25. The molecule has 0 radical (unpaired) electrons. The molecule has 1 atom stereocenters. The van der Waals surface area contributed by atoms with Crippen LogP contribution in [0.3, 0.4) is 0 Å². The predicted octanol–water partition coefficient (Wildman–Crippen LogP) is 1.90. The first-order chi connectivity index (χ1) is 8.72. The molecular weight excluding hydrogens is 224 g/mol. The SMILES string of the molecule is CN(C(=O)/C=C/c1ccccc1)C(CN)C1CC1. The average Bonchev–Trinajstić information content (AvgIpc) is 3.22. The number of amides is 1. The predicted molar refractivity (Wildman–Crippen MR) is 73.8 cm³/mol. The van der Waals surface area contributed by atoms with Gasteiger partial charge in [0.2, 0.25) is 5.91 Å². The molecule has 0 saturated heterocycles. The van der Waals surface area contributed by atoms with E-state index in [1.165, 1.54) is 12.8 Å². The van der Waals surface area contributed by atoms with Gasteiger partial charge >= 0.3 is 0 Å². The van der Waals surface area contributed by atoms with E-state index in [9.17, 15) is 4.79 Å². The van der Waals surface area contributed by atoms with Crippen molar-refractivity contribution in [3.63, 3.8) is 0 Å². The summed E-state index contributed by atoms with van der Waals surface area (Å²) in [6.45, 7) is 0.548. The van der Waals surface area contributed by atoms with Gasteiger partial charge in [0.15, 0.2) is 0 Å². The van der Waals surface area contributed by atoms with Gasteiger partial charge in [-0.15, -0.1) is 0 Å². The standard InChI is InChI=1S/C15H20N2O/c1-17(14(11-16)13-8-9-13)15(18)10-7-12-5-3-2-4-6-12/h2-7,10,13-14H,8-9,11,16H2,1H3/b10-7+. The van der Waals surface area contributed by atoms with E-state index in [2.05, 4.69) is 0 Å². The van der Waals surface area contributed by atoms with E-state index >= 15 is 0 Å². The fourth-order valence-corrected chi connectivity index (χ4v) is 2.16. The number of likely N-dealkylation sites (N-methyl/N-ethyl adjacent to an activating group) is 1. The smallest absolute Gasteiger partial charge is 0.246 e. The zero-order valence-corrected chi connectivity index (χ0v) is 10.8. The summed E-state index contributed by atoms with van der Waals surface area (Å²) in [5.74, 6) is 0.635. The second kappa shape index (κ2) is 5.83. The van der Waals surface area contributed by atoms with E-state index < -0.39 is 0 Å². The Morgan fingerprint density at radius 1 is 1.44 bits per heavy atom. The van der Waals surface area contributed by atoms with Crippen molar-refractivity contribution in [1.82, 2.24) is 4.90 Å². The molecule has 0 aliphatic heterocycles. The van der Waals surface area contributed by atoms with Crippen molar-refractivity contribution in [2.75, 3.05) is 13.6 Å². The van der Waals surface area contributed by atoms with Crippen molar-refractivity contribution < 1.29 is 4.79 Å². The normalized spacial score (nSPS) is 16.8. The van der Waals surface area contributed by atoms with Gasteiger partial charge in [0.05, 0.1) is 0 Å². The first kappa shape index (κ1) is 12.8. The zero-order valence-electron chi connectivity index (χ0n) is 10.8. The molecule has 2 N–H and O–H groups in total. The minimum absolute atomic E-state index is 0.0289. The summed E-state index contributed by atoms with van der Waals surface area (Å²) in [6, 6.07) is 10.0. The summed E-state index contributed by atoms with van der Waals surface area (Å²) < 4.78 is 0. The first-order valence-electron chi connectivity index (χ1n) is 6.42. The van der Waals surface area contributed by atoms with E-state index in [4.69, 9.17) is 5.73 Å². The molecule has 1 aromatic carbocycles. The highest BCUT2D eigenvalue weighted by molar-refractivity contribution is 5.91. The third kappa shape index (κ3) is 3.20. The van der Waals surface area contributed by atoms with Crippen LogP contribution in [0.4, 0.5) is 0 Å². The number of hydrogen-bond donors (Lipinski definition) is 1. The van der Waals surface area contributed by atoms with Crippen LogP contribution in [-0.2, 0) is 4.79 Å². The minimum atomic E-state index is 0.0289. The molecular formula is C15H20N2O. The number of carbonyl (C=O) groups is 1. The van der Waals surface area contributed by atoms with Gasteiger partial charge in [-0.1, -0.05) is 30.3 Å². The van der Waals surface area contributed by atoms with Crippen molar-refractivity contribution in [3.05, 3.63) is 42.0 Å². The quantitative estimate of drug-likeness (QED) is 0.804. The lowest BCUT2D eigenvalue weighted by Crippen LogP contribution is -2.42. The molecule has 1 fully saturated rings. The molecule has 1 unspecified atom stereocenters. The van der Waals surface area contributed by atoms with Crippen molar-refractivity contribution in [2.24, 2.45) is 11.7 Å². The molecule has 1 aliphatic rings. The maximum atomic E-state index is 12.0. The van der Waals surface area contributed by atoms with E-state index in [1.54, 1.807) is 11.0 Å². The third-order valence-corrected chi connectivity index (χ3v) is 3.47. The summed E-state index contributed by atoms with van der Waals surface area (Å²) >= 11 is 0. The van der Waals surface area contributed by atoms with E-state index in [0.29, 0.717) is 12.5 Å². The molecule has 0 heterocycles. The van der Waals surface area contributed by atoms with Gasteiger partial charge < -0.3 is 10.6 Å². The van der Waals surface area contributed by atoms with Crippen molar-refractivity contribution in [2.45, 2.75) is 18.9 Å². The Bertz CT molecular complexity index is 423. The maximum Gasteiger partial charge on any atom is 0.246 e. The number of rotatable bonds is 5. The van der Waals surface area contributed by atoms with Crippen LogP contribution < -0.4 is 5.73 Å². The van der Waals surface area contributed by atoms with Gasteiger partial charge in [-0.25, -0.2) is 0 Å². The fourth-order valence-electron chi connectivity index (χ4n) is 2.16.